The van der Waals surface area contributed by atoms with Gasteiger partial charge >= 0.3 is 5.97 Å². The normalized spacial score (nSPS) is 10.7. The van der Waals surface area contributed by atoms with E-state index in [1.807, 2.05) is 54.6 Å². The number of carboxylic acid groups (broad SMARTS) is 1. The number of benzene rings is 4. The van der Waals surface area contributed by atoms with Gasteiger partial charge in [0.15, 0.2) is 0 Å². The molecule has 0 atom stereocenters. The maximum Gasteiger partial charge on any atom is 0.303 e. The molecule has 1 N–H and O–H groups in total. The van der Waals surface area contributed by atoms with Gasteiger partial charge in [-0.05, 0) is 59.9 Å². The summed E-state index contributed by atoms with van der Waals surface area (Å²) in [5, 5.41) is 9.11. The molecule has 0 unspecified atom stereocenters. The molecule has 7 heteroatoms. The van der Waals surface area contributed by atoms with Crippen LogP contribution in [-0.4, -0.2) is 31.4 Å². The van der Waals surface area contributed by atoms with Gasteiger partial charge in [-0.2, -0.15) is 0 Å². The van der Waals surface area contributed by atoms with Crippen LogP contribution in [0.25, 0.3) is 11.1 Å². The molecule has 214 valence electrons. The van der Waals surface area contributed by atoms with Crippen molar-refractivity contribution in [3.05, 3.63) is 107 Å². The number of ether oxygens (including phenoxy) is 4. The minimum atomic E-state index is -0.875. The first-order chi connectivity index (χ1) is 20.0. The Labute approximate surface area is 240 Å². The summed E-state index contributed by atoms with van der Waals surface area (Å²) in [5.74, 6) is 1.44. The fourth-order valence-corrected chi connectivity index (χ4v) is 4.50. The van der Waals surface area contributed by atoms with Crippen molar-refractivity contribution < 1.29 is 33.2 Å². The molecule has 0 aliphatic heterocycles. The van der Waals surface area contributed by atoms with Gasteiger partial charge < -0.3 is 24.1 Å². The lowest BCUT2D eigenvalue weighted by atomic mass is 10.00. The van der Waals surface area contributed by atoms with Crippen LogP contribution in [0.2, 0.25) is 0 Å². The lowest BCUT2D eigenvalue weighted by Gasteiger charge is -2.18. The fourth-order valence-electron chi connectivity index (χ4n) is 4.50. The molecular formula is C34H35FO6. The van der Waals surface area contributed by atoms with Gasteiger partial charge in [0.05, 0.1) is 20.3 Å². The molecule has 0 saturated carbocycles. The van der Waals surface area contributed by atoms with Gasteiger partial charge in [0.25, 0.3) is 0 Å². The molecule has 4 rings (SSSR count). The van der Waals surface area contributed by atoms with Crippen LogP contribution in [0.5, 0.6) is 23.0 Å². The Kier molecular flexibility index (Phi) is 10.6. The lowest BCUT2D eigenvalue weighted by Crippen LogP contribution is -2.08. The monoisotopic (exact) mass is 558 g/mol. The van der Waals surface area contributed by atoms with Crippen LogP contribution in [0.3, 0.4) is 0 Å². The van der Waals surface area contributed by atoms with Gasteiger partial charge in [0.2, 0.25) is 0 Å². The van der Waals surface area contributed by atoms with E-state index in [1.165, 1.54) is 12.1 Å². The number of hydrogen-bond acceptors (Lipinski definition) is 5. The van der Waals surface area contributed by atoms with Crippen molar-refractivity contribution in [2.24, 2.45) is 0 Å². The smallest absolute Gasteiger partial charge is 0.303 e. The van der Waals surface area contributed by atoms with Gasteiger partial charge in [0, 0.05) is 30.0 Å². The van der Waals surface area contributed by atoms with Crippen LogP contribution in [0, 0.1) is 5.82 Å². The average Bonchev–Trinajstić information content (AvgIpc) is 2.99. The van der Waals surface area contributed by atoms with Gasteiger partial charge in [-0.3, -0.25) is 4.79 Å². The van der Waals surface area contributed by atoms with Gasteiger partial charge in [-0.25, -0.2) is 4.39 Å². The highest BCUT2D eigenvalue weighted by Crippen LogP contribution is 2.37. The highest BCUT2D eigenvalue weighted by atomic mass is 19.1. The van der Waals surface area contributed by atoms with Crippen LogP contribution in [-0.2, 0) is 24.2 Å². The summed E-state index contributed by atoms with van der Waals surface area (Å²) >= 11 is 0. The third-order valence-electron chi connectivity index (χ3n) is 6.64. The van der Waals surface area contributed by atoms with E-state index in [0.29, 0.717) is 49.9 Å². The molecule has 0 fully saturated rings. The summed E-state index contributed by atoms with van der Waals surface area (Å²) < 4.78 is 37.5. The summed E-state index contributed by atoms with van der Waals surface area (Å²) in [5.41, 5.74) is 4.53. The largest absolute Gasteiger partial charge is 0.496 e. The molecule has 0 aliphatic carbocycles. The minimum Gasteiger partial charge on any atom is -0.496 e. The van der Waals surface area contributed by atoms with Crippen molar-refractivity contribution in [2.75, 3.05) is 20.3 Å². The van der Waals surface area contributed by atoms with Gasteiger partial charge in [-0.15, -0.1) is 0 Å². The maximum absolute atomic E-state index is 13.6. The summed E-state index contributed by atoms with van der Waals surface area (Å²) in [6.07, 6.45) is 1.66. The van der Waals surface area contributed by atoms with Crippen molar-refractivity contribution >= 4 is 5.97 Å². The molecule has 0 saturated heterocycles. The van der Waals surface area contributed by atoms with E-state index >= 15 is 0 Å². The summed E-state index contributed by atoms with van der Waals surface area (Å²) in [4.78, 5) is 11.1. The van der Waals surface area contributed by atoms with Gasteiger partial charge in [-0.1, -0.05) is 55.5 Å². The first-order valence-corrected chi connectivity index (χ1v) is 13.7. The predicted molar refractivity (Wildman–Crippen MR) is 157 cm³/mol. The predicted octanol–water partition coefficient (Wildman–Crippen LogP) is 7.51. The van der Waals surface area contributed by atoms with E-state index in [-0.39, 0.29) is 12.2 Å². The van der Waals surface area contributed by atoms with E-state index in [2.05, 4.69) is 6.92 Å². The number of halogens is 1. The van der Waals surface area contributed by atoms with Crippen LogP contribution in [0.15, 0.2) is 84.9 Å². The standard InChI is InChI=1S/C34H35FO6/c1-3-25-21-29(26-13-15-27(35)16-14-26)33(41-23-24-9-5-4-6-10-24)22-32(25)40-20-8-19-39-31-12-7-11-30(38-2)28(31)17-18-34(36)37/h4-7,9-16,21-22H,3,8,17-20,23H2,1-2H3,(H,36,37). The van der Waals surface area contributed by atoms with Crippen LogP contribution < -0.4 is 18.9 Å². The molecule has 0 spiro atoms. The summed E-state index contributed by atoms with van der Waals surface area (Å²) in [7, 11) is 1.56. The maximum atomic E-state index is 13.6. The Morgan fingerprint density at radius 2 is 1.51 bits per heavy atom. The zero-order valence-electron chi connectivity index (χ0n) is 23.4. The second kappa shape index (κ2) is 14.7. The van der Waals surface area contributed by atoms with Crippen molar-refractivity contribution in [1.29, 1.82) is 0 Å². The molecule has 41 heavy (non-hydrogen) atoms. The number of rotatable bonds is 15. The molecule has 0 heterocycles. The van der Waals surface area contributed by atoms with Crippen molar-refractivity contribution in [1.82, 2.24) is 0 Å². The Balaban J connectivity index is 1.46. The van der Waals surface area contributed by atoms with Crippen LogP contribution in [0.4, 0.5) is 4.39 Å². The van der Waals surface area contributed by atoms with Gasteiger partial charge in [0.1, 0.15) is 35.4 Å². The van der Waals surface area contributed by atoms with Crippen molar-refractivity contribution in [3.8, 4) is 34.1 Å². The molecule has 0 bridgehead atoms. The fraction of sp³-hybridized carbons (Fsp3) is 0.265. The van der Waals surface area contributed by atoms with E-state index in [1.54, 1.807) is 25.3 Å². The summed E-state index contributed by atoms with van der Waals surface area (Å²) in [6, 6.07) is 25.7. The first kappa shape index (κ1) is 29.5. The SMILES string of the molecule is CCc1cc(-c2ccc(F)cc2)c(OCc2ccccc2)cc1OCCCOc1cccc(OC)c1CCC(=O)O. The third-order valence-corrected chi connectivity index (χ3v) is 6.64. The Hall–Kier alpha value is -4.52. The van der Waals surface area contributed by atoms with E-state index in [4.69, 9.17) is 24.1 Å². The zero-order chi connectivity index (χ0) is 29.0. The first-order valence-electron chi connectivity index (χ1n) is 13.7. The molecule has 4 aromatic carbocycles. The summed E-state index contributed by atoms with van der Waals surface area (Å²) in [6.45, 7) is 3.25. The number of aliphatic carboxylic acids is 1. The number of methoxy groups -OCH3 is 1. The highest BCUT2D eigenvalue weighted by molar-refractivity contribution is 5.73. The third kappa shape index (κ3) is 8.24. The van der Waals surface area contributed by atoms with Crippen LogP contribution >= 0.6 is 0 Å². The molecule has 4 aromatic rings. The van der Waals surface area contributed by atoms with Crippen molar-refractivity contribution in [2.45, 2.75) is 39.2 Å². The molecule has 0 aliphatic rings. The van der Waals surface area contributed by atoms with E-state index in [0.717, 1.165) is 40.0 Å². The number of hydrogen-bond donors (Lipinski definition) is 1. The average molecular weight is 559 g/mol. The lowest BCUT2D eigenvalue weighted by molar-refractivity contribution is -0.136. The van der Waals surface area contributed by atoms with E-state index < -0.39 is 5.97 Å². The zero-order valence-corrected chi connectivity index (χ0v) is 23.4. The Bertz CT molecular complexity index is 1420. The second-order valence-electron chi connectivity index (χ2n) is 9.47. The molecule has 6 nitrogen and oxygen atoms in total. The topological polar surface area (TPSA) is 74.2 Å². The Morgan fingerprint density at radius 1 is 0.805 bits per heavy atom. The van der Waals surface area contributed by atoms with Crippen LogP contribution in [0.1, 0.15) is 36.5 Å². The Morgan fingerprint density at radius 3 is 2.20 bits per heavy atom. The minimum absolute atomic E-state index is 0.0117. The quantitative estimate of drug-likeness (QED) is 0.152. The van der Waals surface area contributed by atoms with Crippen molar-refractivity contribution in [3.63, 3.8) is 0 Å². The number of carboxylic acids is 1. The molecule has 0 radical (unpaired) electrons. The number of aryl methyl sites for hydroxylation is 1. The second-order valence-corrected chi connectivity index (χ2v) is 9.47. The highest BCUT2D eigenvalue weighted by Gasteiger charge is 2.15. The van der Waals surface area contributed by atoms with E-state index in [9.17, 15) is 9.18 Å². The number of carbonyl (C=O) groups is 1. The molecular weight excluding hydrogens is 523 g/mol. The molecule has 0 amide bonds. The molecule has 0 aromatic heterocycles.